The number of nitrogens with two attached hydrogens (primary N) is 1. The van der Waals surface area contributed by atoms with Gasteiger partial charge in [0.05, 0.1) is 15.6 Å². The van der Waals surface area contributed by atoms with Crippen molar-refractivity contribution in [3.8, 4) is 0 Å². The van der Waals surface area contributed by atoms with Crippen molar-refractivity contribution in [2.45, 2.75) is 25.7 Å². The van der Waals surface area contributed by atoms with Crippen molar-refractivity contribution in [1.82, 2.24) is 10.2 Å². The van der Waals surface area contributed by atoms with Gasteiger partial charge in [-0.1, -0.05) is 29.6 Å². The van der Waals surface area contributed by atoms with Gasteiger partial charge in [-0.2, -0.15) is 0 Å². The van der Waals surface area contributed by atoms with Crippen LogP contribution in [0, 0.1) is 0 Å². The van der Waals surface area contributed by atoms with Gasteiger partial charge in [0.2, 0.25) is 0 Å². The van der Waals surface area contributed by atoms with E-state index in [1.54, 1.807) is 6.07 Å². The van der Waals surface area contributed by atoms with Crippen LogP contribution in [0.3, 0.4) is 0 Å². The number of carbonyl (C=O) groups is 1. The Hall–Kier alpha value is -0.970. The lowest BCUT2D eigenvalue weighted by Gasteiger charge is -2.26. The summed E-state index contributed by atoms with van der Waals surface area (Å²) in [6.45, 7) is 3.99. The topological polar surface area (TPSA) is 58.4 Å². The van der Waals surface area contributed by atoms with Crippen LogP contribution in [-0.4, -0.2) is 37.0 Å². The summed E-state index contributed by atoms with van der Waals surface area (Å²) in [5.41, 5.74) is 6.45. The molecular formula is C15H21Cl2N3O. The van der Waals surface area contributed by atoms with E-state index in [0.717, 1.165) is 13.0 Å². The van der Waals surface area contributed by atoms with Gasteiger partial charge >= 0.3 is 0 Å². The molecule has 0 bridgehead atoms. The molecule has 4 nitrogen and oxygen atoms in total. The molecule has 6 heteroatoms. The summed E-state index contributed by atoms with van der Waals surface area (Å²) in [4.78, 5) is 14.5. The molecule has 0 aliphatic carbocycles. The van der Waals surface area contributed by atoms with Crippen molar-refractivity contribution in [2.24, 2.45) is 0 Å². The molecule has 0 radical (unpaired) electrons. The number of anilines is 1. The predicted molar refractivity (Wildman–Crippen MR) is 88.1 cm³/mol. The highest BCUT2D eigenvalue weighted by atomic mass is 35.5. The Bertz CT molecular complexity index is 502. The maximum absolute atomic E-state index is 12.1. The zero-order valence-electron chi connectivity index (χ0n) is 12.0. The van der Waals surface area contributed by atoms with Gasteiger partial charge < -0.3 is 16.0 Å². The summed E-state index contributed by atoms with van der Waals surface area (Å²) in [6.07, 6.45) is 4.83. The van der Waals surface area contributed by atoms with Crippen molar-refractivity contribution in [1.29, 1.82) is 0 Å². The van der Waals surface area contributed by atoms with Gasteiger partial charge in [0.15, 0.2) is 0 Å². The fourth-order valence-corrected chi connectivity index (χ4v) is 2.98. The van der Waals surface area contributed by atoms with Crippen LogP contribution in [-0.2, 0) is 0 Å². The highest BCUT2D eigenvalue weighted by molar-refractivity contribution is 6.44. The highest BCUT2D eigenvalue weighted by Gasteiger charge is 2.14. The highest BCUT2D eigenvalue weighted by Crippen LogP contribution is 2.28. The molecule has 1 amide bonds. The van der Waals surface area contributed by atoms with Crippen LogP contribution >= 0.6 is 23.2 Å². The zero-order valence-corrected chi connectivity index (χ0v) is 13.5. The largest absolute Gasteiger partial charge is 0.399 e. The van der Waals surface area contributed by atoms with E-state index in [2.05, 4.69) is 10.2 Å². The van der Waals surface area contributed by atoms with Gasteiger partial charge in [-0.15, -0.1) is 0 Å². The number of piperidine rings is 1. The predicted octanol–water partition coefficient (Wildman–Crippen LogP) is 3.18. The van der Waals surface area contributed by atoms with Crippen molar-refractivity contribution in [3.05, 3.63) is 27.7 Å². The summed E-state index contributed by atoms with van der Waals surface area (Å²) in [5, 5.41) is 3.42. The molecule has 2 rings (SSSR count). The average Bonchev–Trinajstić information content (AvgIpc) is 2.48. The second kappa shape index (κ2) is 7.87. The van der Waals surface area contributed by atoms with E-state index in [1.807, 2.05) is 0 Å². The van der Waals surface area contributed by atoms with E-state index in [0.29, 0.717) is 22.8 Å². The van der Waals surface area contributed by atoms with Crippen molar-refractivity contribution >= 4 is 34.8 Å². The Labute approximate surface area is 135 Å². The van der Waals surface area contributed by atoms with Gasteiger partial charge in [0.1, 0.15) is 0 Å². The third kappa shape index (κ3) is 4.77. The van der Waals surface area contributed by atoms with Crippen LogP contribution in [0.5, 0.6) is 0 Å². The normalized spacial score (nSPS) is 15.9. The fourth-order valence-electron chi connectivity index (χ4n) is 2.56. The van der Waals surface area contributed by atoms with Gasteiger partial charge in [0.25, 0.3) is 5.91 Å². The number of benzene rings is 1. The number of amides is 1. The lowest BCUT2D eigenvalue weighted by Crippen LogP contribution is -2.33. The summed E-state index contributed by atoms with van der Waals surface area (Å²) in [6, 6.07) is 3.09. The Morgan fingerprint density at radius 1 is 1.24 bits per heavy atom. The number of hydrogen-bond donors (Lipinski definition) is 2. The van der Waals surface area contributed by atoms with E-state index in [-0.39, 0.29) is 10.9 Å². The van der Waals surface area contributed by atoms with Crippen LogP contribution < -0.4 is 11.1 Å². The van der Waals surface area contributed by atoms with Crippen molar-refractivity contribution in [2.75, 3.05) is 31.9 Å². The summed E-state index contributed by atoms with van der Waals surface area (Å²) in [7, 11) is 0. The summed E-state index contributed by atoms with van der Waals surface area (Å²) >= 11 is 12.0. The number of hydrogen-bond acceptors (Lipinski definition) is 3. The Morgan fingerprint density at radius 3 is 2.67 bits per heavy atom. The molecule has 0 saturated carbocycles. The zero-order chi connectivity index (χ0) is 15.2. The van der Waals surface area contributed by atoms with Crippen LogP contribution in [0.2, 0.25) is 10.0 Å². The molecule has 0 atom stereocenters. The second-order valence-electron chi connectivity index (χ2n) is 5.38. The third-order valence-electron chi connectivity index (χ3n) is 3.68. The average molecular weight is 330 g/mol. The molecule has 1 heterocycles. The standard InChI is InChI=1S/C15H21Cl2N3O/c16-13-10-11(18)9-12(14(13)17)15(21)19-5-4-8-20-6-2-1-3-7-20/h9-10H,1-8,18H2,(H,19,21). The van der Waals surface area contributed by atoms with Gasteiger partial charge in [-0.05, 0) is 51.0 Å². The Morgan fingerprint density at radius 2 is 1.95 bits per heavy atom. The number of carbonyl (C=O) groups excluding carboxylic acids is 1. The fraction of sp³-hybridized carbons (Fsp3) is 0.533. The van der Waals surface area contributed by atoms with Crippen LogP contribution in [0.4, 0.5) is 5.69 Å². The molecule has 116 valence electrons. The van der Waals surface area contributed by atoms with Crippen LogP contribution in [0.15, 0.2) is 12.1 Å². The number of rotatable bonds is 5. The quantitative estimate of drug-likeness (QED) is 0.644. The molecule has 0 aromatic heterocycles. The maximum Gasteiger partial charge on any atom is 0.252 e. The number of nitrogens with zero attached hydrogens (tertiary/aromatic N) is 1. The molecule has 1 aromatic carbocycles. The first-order valence-electron chi connectivity index (χ1n) is 7.33. The first kappa shape index (κ1) is 16.4. The number of halogens is 2. The SMILES string of the molecule is Nc1cc(Cl)c(Cl)c(C(=O)NCCCN2CCCCC2)c1. The second-order valence-corrected chi connectivity index (χ2v) is 6.16. The molecule has 3 N–H and O–H groups in total. The van der Waals surface area contributed by atoms with Crippen molar-refractivity contribution < 1.29 is 4.79 Å². The molecule has 1 aliphatic rings. The molecule has 1 aliphatic heterocycles. The smallest absolute Gasteiger partial charge is 0.252 e. The molecule has 1 saturated heterocycles. The van der Waals surface area contributed by atoms with E-state index in [1.165, 1.54) is 38.4 Å². The van der Waals surface area contributed by atoms with E-state index >= 15 is 0 Å². The lowest BCUT2D eigenvalue weighted by atomic mass is 10.1. The minimum Gasteiger partial charge on any atom is -0.399 e. The minimum absolute atomic E-state index is 0.229. The molecule has 0 unspecified atom stereocenters. The minimum atomic E-state index is -0.229. The first-order chi connectivity index (χ1) is 10.1. The summed E-state index contributed by atoms with van der Waals surface area (Å²) in [5.74, 6) is -0.229. The Kier molecular flexibility index (Phi) is 6.15. The maximum atomic E-state index is 12.1. The van der Waals surface area contributed by atoms with E-state index in [4.69, 9.17) is 28.9 Å². The number of likely N-dealkylation sites (tertiary alicyclic amines) is 1. The molecular weight excluding hydrogens is 309 g/mol. The van der Waals surface area contributed by atoms with E-state index in [9.17, 15) is 4.79 Å². The van der Waals surface area contributed by atoms with Crippen LogP contribution in [0.1, 0.15) is 36.0 Å². The monoisotopic (exact) mass is 329 g/mol. The number of nitrogens with one attached hydrogen (secondary N) is 1. The molecule has 1 aromatic rings. The lowest BCUT2D eigenvalue weighted by molar-refractivity contribution is 0.0951. The molecule has 21 heavy (non-hydrogen) atoms. The van der Waals surface area contributed by atoms with Crippen molar-refractivity contribution in [3.63, 3.8) is 0 Å². The van der Waals surface area contributed by atoms with Gasteiger partial charge in [-0.3, -0.25) is 4.79 Å². The van der Waals surface area contributed by atoms with E-state index < -0.39 is 0 Å². The Balaban J connectivity index is 1.79. The third-order valence-corrected chi connectivity index (χ3v) is 4.48. The van der Waals surface area contributed by atoms with Gasteiger partial charge in [0, 0.05) is 12.2 Å². The first-order valence-corrected chi connectivity index (χ1v) is 8.08. The summed E-state index contributed by atoms with van der Waals surface area (Å²) < 4.78 is 0. The number of nitrogen functional groups attached to an aromatic ring is 1. The molecule has 0 spiro atoms. The van der Waals surface area contributed by atoms with Crippen LogP contribution in [0.25, 0.3) is 0 Å². The molecule has 1 fully saturated rings. The van der Waals surface area contributed by atoms with Gasteiger partial charge in [-0.25, -0.2) is 0 Å².